The summed E-state index contributed by atoms with van der Waals surface area (Å²) in [5.41, 5.74) is 2.75. The molecule has 2 aliphatic heterocycles. The van der Waals surface area contributed by atoms with Crippen molar-refractivity contribution in [3.05, 3.63) is 35.4 Å². The molecular formula is C17H26N2O2. The van der Waals surface area contributed by atoms with Crippen molar-refractivity contribution in [3.8, 4) is 0 Å². The Hall–Kier alpha value is -0.940. The fourth-order valence-electron chi connectivity index (χ4n) is 3.36. The highest BCUT2D eigenvalue weighted by Gasteiger charge is 2.24. The van der Waals surface area contributed by atoms with E-state index in [-0.39, 0.29) is 6.61 Å². The van der Waals surface area contributed by atoms with Crippen molar-refractivity contribution < 1.29 is 9.84 Å². The summed E-state index contributed by atoms with van der Waals surface area (Å²) in [7, 11) is 0. The van der Waals surface area contributed by atoms with E-state index in [2.05, 4.69) is 34.5 Å². The molecule has 3 rings (SSSR count). The summed E-state index contributed by atoms with van der Waals surface area (Å²) in [6.07, 6.45) is 3.43. The van der Waals surface area contributed by atoms with Crippen molar-refractivity contribution in [1.29, 1.82) is 0 Å². The quantitative estimate of drug-likeness (QED) is 0.834. The van der Waals surface area contributed by atoms with Crippen LogP contribution < -0.4 is 5.32 Å². The van der Waals surface area contributed by atoms with E-state index >= 15 is 0 Å². The lowest BCUT2D eigenvalue weighted by atomic mass is 10.1. The minimum Gasteiger partial charge on any atom is -0.395 e. The zero-order valence-corrected chi connectivity index (χ0v) is 12.6. The van der Waals surface area contributed by atoms with Crippen LogP contribution in [-0.2, 0) is 17.8 Å². The van der Waals surface area contributed by atoms with E-state index in [1.807, 2.05) is 0 Å². The average Bonchev–Trinajstić information content (AvgIpc) is 3.17. The molecule has 2 heterocycles. The number of benzene rings is 1. The molecule has 0 saturated carbocycles. The molecule has 2 saturated heterocycles. The molecule has 2 aliphatic rings. The maximum atomic E-state index is 9.46. The highest BCUT2D eigenvalue weighted by molar-refractivity contribution is 5.27. The van der Waals surface area contributed by atoms with Gasteiger partial charge < -0.3 is 15.2 Å². The summed E-state index contributed by atoms with van der Waals surface area (Å²) in [4.78, 5) is 2.41. The van der Waals surface area contributed by atoms with Gasteiger partial charge in [-0.2, -0.15) is 0 Å². The van der Waals surface area contributed by atoms with E-state index in [9.17, 15) is 5.11 Å². The van der Waals surface area contributed by atoms with Gasteiger partial charge in [0.15, 0.2) is 0 Å². The number of likely N-dealkylation sites (tertiary alicyclic amines) is 1. The van der Waals surface area contributed by atoms with Gasteiger partial charge in [-0.3, -0.25) is 4.90 Å². The Morgan fingerprint density at radius 3 is 2.86 bits per heavy atom. The first-order valence-corrected chi connectivity index (χ1v) is 8.09. The van der Waals surface area contributed by atoms with Gasteiger partial charge in [-0.15, -0.1) is 0 Å². The summed E-state index contributed by atoms with van der Waals surface area (Å²) in [5, 5.41) is 13.1. The average molecular weight is 290 g/mol. The molecule has 0 bridgehead atoms. The molecule has 4 heteroatoms. The van der Waals surface area contributed by atoms with Gasteiger partial charge in [0.05, 0.1) is 13.2 Å². The molecule has 2 fully saturated rings. The minimum absolute atomic E-state index is 0.278. The van der Waals surface area contributed by atoms with Crippen LogP contribution in [0.1, 0.15) is 30.4 Å². The molecule has 2 atom stereocenters. The molecule has 0 aliphatic carbocycles. The first-order valence-electron chi connectivity index (χ1n) is 8.09. The molecule has 0 spiro atoms. The van der Waals surface area contributed by atoms with Gasteiger partial charge in [0, 0.05) is 31.8 Å². The Kier molecular flexibility index (Phi) is 5.25. The molecule has 1 aromatic carbocycles. The minimum atomic E-state index is 0.278. The Labute approximate surface area is 127 Å². The van der Waals surface area contributed by atoms with Crippen LogP contribution in [-0.4, -0.2) is 48.5 Å². The molecule has 0 amide bonds. The van der Waals surface area contributed by atoms with Crippen LogP contribution in [0.2, 0.25) is 0 Å². The van der Waals surface area contributed by atoms with Crippen molar-refractivity contribution in [2.75, 3.05) is 26.4 Å². The van der Waals surface area contributed by atoms with E-state index in [0.717, 1.165) is 45.7 Å². The van der Waals surface area contributed by atoms with Crippen LogP contribution in [0.15, 0.2) is 24.3 Å². The number of nitrogens with zero attached hydrogens (tertiary/aromatic N) is 1. The monoisotopic (exact) mass is 290 g/mol. The van der Waals surface area contributed by atoms with E-state index in [1.54, 1.807) is 0 Å². The lowest BCUT2D eigenvalue weighted by Gasteiger charge is -2.24. The highest BCUT2D eigenvalue weighted by atomic mass is 16.5. The second-order valence-electron chi connectivity index (χ2n) is 6.16. The largest absolute Gasteiger partial charge is 0.395 e. The van der Waals surface area contributed by atoms with Crippen LogP contribution in [0, 0.1) is 0 Å². The second-order valence-corrected chi connectivity index (χ2v) is 6.16. The molecule has 21 heavy (non-hydrogen) atoms. The number of hydrogen-bond donors (Lipinski definition) is 2. The fourth-order valence-corrected chi connectivity index (χ4v) is 3.36. The zero-order chi connectivity index (χ0) is 14.5. The third kappa shape index (κ3) is 3.83. The van der Waals surface area contributed by atoms with Gasteiger partial charge in [-0.1, -0.05) is 24.3 Å². The van der Waals surface area contributed by atoms with E-state index in [4.69, 9.17) is 4.74 Å². The maximum absolute atomic E-state index is 9.46. The molecule has 0 radical (unpaired) electrons. The van der Waals surface area contributed by atoms with Crippen molar-refractivity contribution in [2.24, 2.45) is 0 Å². The SMILES string of the molecule is OC[C@@H]1CCCN1Cc1ccccc1CN[C@@H]1CCOC1. The molecule has 0 unspecified atom stereocenters. The van der Waals surface area contributed by atoms with Gasteiger partial charge in [-0.05, 0) is 36.9 Å². The molecular weight excluding hydrogens is 264 g/mol. The number of rotatable bonds is 6. The lowest BCUT2D eigenvalue weighted by molar-refractivity contribution is 0.153. The number of nitrogens with one attached hydrogen (secondary N) is 1. The third-order valence-corrected chi connectivity index (χ3v) is 4.71. The zero-order valence-electron chi connectivity index (χ0n) is 12.6. The number of aliphatic hydroxyl groups excluding tert-OH is 1. The van der Waals surface area contributed by atoms with Gasteiger partial charge in [-0.25, -0.2) is 0 Å². The van der Waals surface area contributed by atoms with Crippen LogP contribution in [0.5, 0.6) is 0 Å². The molecule has 1 aromatic rings. The number of hydrogen-bond acceptors (Lipinski definition) is 4. The van der Waals surface area contributed by atoms with Gasteiger partial charge in [0.2, 0.25) is 0 Å². The third-order valence-electron chi connectivity index (χ3n) is 4.71. The van der Waals surface area contributed by atoms with Gasteiger partial charge in [0.25, 0.3) is 0 Å². The van der Waals surface area contributed by atoms with E-state index < -0.39 is 0 Å². The van der Waals surface area contributed by atoms with Crippen LogP contribution >= 0.6 is 0 Å². The van der Waals surface area contributed by atoms with Crippen molar-refractivity contribution in [1.82, 2.24) is 10.2 Å². The summed E-state index contributed by atoms with van der Waals surface area (Å²) < 4.78 is 5.41. The standard InChI is InChI=1S/C17H26N2O2/c20-12-17-6-3-8-19(17)11-15-5-2-1-4-14(15)10-18-16-7-9-21-13-16/h1-2,4-5,16-18,20H,3,6-13H2/t16-,17+/m1/s1. The summed E-state index contributed by atoms with van der Waals surface area (Å²) in [5.74, 6) is 0. The topological polar surface area (TPSA) is 44.7 Å². The van der Waals surface area contributed by atoms with Crippen molar-refractivity contribution in [2.45, 2.75) is 44.4 Å². The predicted molar refractivity (Wildman–Crippen MR) is 83.0 cm³/mol. The van der Waals surface area contributed by atoms with Crippen molar-refractivity contribution in [3.63, 3.8) is 0 Å². The van der Waals surface area contributed by atoms with Crippen LogP contribution in [0.3, 0.4) is 0 Å². The van der Waals surface area contributed by atoms with Gasteiger partial charge >= 0.3 is 0 Å². The van der Waals surface area contributed by atoms with Crippen LogP contribution in [0.25, 0.3) is 0 Å². The Balaban J connectivity index is 1.61. The van der Waals surface area contributed by atoms with E-state index in [1.165, 1.54) is 17.5 Å². The summed E-state index contributed by atoms with van der Waals surface area (Å²) >= 11 is 0. The Morgan fingerprint density at radius 1 is 1.24 bits per heavy atom. The summed E-state index contributed by atoms with van der Waals surface area (Å²) in [6.45, 7) is 4.95. The first-order chi connectivity index (χ1) is 10.4. The molecule has 4 nitrogen and oxygen atoms in total. The Bertz CT molecular complexity index is 446. The normalized spacial score (nSPS) is 26.5. The highest BCUT2D eigenvalue weighted by Crippen LogP contribution is 2.21. The fraction of sp³-hybridized carbons (Fsp3) is 0.647. The first kappa shape index (κ1) is 15.0. The number of ether oxygens (including phenoxy) is 1. The second kappa shape index (κ2) is 7.36. The Morgan fingerprint density at radius 2 is 2.10 bits per heavy atom. The number of aliphatic hydroxyl groups is 1. The smallest absolute Gasteiger partial charge is 0.0620 e. The van der Waals surface area contributed by atoms with Gasteiger partial charge in [0.1, 0.15) is 0 Å². The van der Waals surface area contributed by atoms with Crippen molar-refractivity contribution >= 4 is 0 Å². The van der Waals surface area contributed by atoms with Crippen LogP contribution in [0.4, 0.5) is 0 Å². The van der Waals surface area contributed by atoms with E-state index in [0.29, 0.717) is 12.1 Å². The lowest BCUT2D eigenvalue weighted by Crippen LogP contribution is -2.33. The summed E-state index contributed by atoms with van der Waals surface area (Å²) in [6, 6.07) is 9.49. The molecule has 2 N–H and O–H groups in total. The maximum Gasteiger partial charge on any atom is 0.0620 e. The predicted octanol–water partition coefficient (Wildman–Crippen LogP) is 1.52. The molecule has 0 aromatic heterocycles. The molecule has 116 valence electrons.